The molecule has 1 aliphatic carbocycles. The van der Waals surface area contributed by atoms with Crippen molar-refractivity contribution >= 4 is 22.8 Å². The highest BCUT2D eigenvalue weighted by Crippen LogP contribution is 2.26. The number of aryl methyl sites for hydroxylation is 1. The van der Waals surface area contributed by atoms with Crippen molar-refractivity contribution in [3.63, 3.8) is 0 Å². The van der Waals surface area contributed by atoms with Gasteiger partial charge in [0.05, 0.1) is 5.69 Å². The predicted octanol–water partition coefficient (Wildman–Crippen LogP) is 3.72. The minimum absolute atomic E-state index is 0.347. The van der Waals surface area contributed by atoms with Crippen LogP contribution in [0, 0.1) is 0 Å². The maximum Gasteiger partial charge on any atom is 0.177 e. The fourth-order valence-corrected chi connectivity index (χ4v) is 3.58. The molecule has 6 nitrogen and oxygen atoms in total. The van der Waals surface area contributed by atoms with Crippen molar-refractivity contribution in [1.29, 1.82) is 0 Å². The van der Waals surface area contributed by atoms with Crippen LogP contribution in [0.2, 0.25) is 0 Å². The number of nitrogens with one attached hydrogen (secondary N) is 2. The van der Waals surface area contributed by atoms with Gasteiger partial charge in [-0.15, -0.1) is 5.10 Å². The van der Waals surface area contributed by atoms with E-state index < -0.39 is 0 Å². The largest absolute Gasteiger partial charge is 0.366 e. The number of hydrogen-bond donors (Lipinski definition) is 3. The molecule has 3 aromatic rings. The fourth-order valence-electron chi connectivity index (χ4n) is 3.58. The Morgan fingerprint density at radius 1 is 1.19 bits per heavy atom. The van der Waals surface area contributed by atoms with Crippen molar-refractivity contribution < 1.29 is 0 Å². The van der Waals surface area contributed by atoms with Crippen LogP contribution in [0.5, 0.6) is 0 Å². The Hall–Kier alpha value is -2.60. The van der Waals surface area contributed by atoms with E-state index >= 15 is 0 Å². The Labute approximate surface area is 153 Å². The van der Waals surface area contributed by atoms with E-state index in [1.54, 1.807) is 6.20 Å². The van der Waals surface area contributed by atoms with Gasteiger partial charge in [0, 0.05) is 36.2 Å². The van der Waals surface area contributed by atoms with Gasteiger partial charge in [-0.25, -0.2) is 9.50 Å². The van der Waals surface area contributed by atoms with E-state index in [-0.39, 0.29) is 0 Å². The Balaban J connectivity index is 1.60. The lowest BCUT2D eigenvalue weighted by Gasteiger charge is -2.27. The molecule has 1 fully saturated rings. The van der Waals surface area contributed by atoms with Gasteiger partial charge in [-0.05, 0) is 49.8 Å². The third-order valence-corrected chi connectivity index (χ3v) is 5.10. The highest BCUT2D eigenvalue weighted by atomic mass is 15.3. The van der Waals surface area contributed by atoms with Crippen molar-refractivity contribution in [2.75, 3.05) is 10.6 Å². The van der Waals surface area contributed by atoms with Crippen molar-refractivity contribution in [2.45, 2.75) is 51.1 Å². The summed E-state index contributed by atoms with van der Waals surface area (Å²) in [6.45, 7) is 2.16. The monoisotopic (exact) mass is 350 g/mol. The minimum atomic E-state index is 0.347. The molecule has 0 spiro atoms. The van der Waals surface area contributed by atoms with Crippen LogP contribution < -0.4 is 16.4 Å². The fraction of sp³-hybridized carbons (Fsp3) is 0.400. The average molecular weight is 350 g/mol. The summed E-state index contributed by atoms with van der Waals surface area (Å²) in [5.41, 5.74) is 10.2. The molecular formula is C20H26N6. The molecule has 136 valence electrons. The Morgan fingerprint density at radius 3 is 2.85 bits per heavy atom. The molecule has 6 heteroatoms. The van der Waals surface area contributed by atoms with Gasteiger partial charge in [0.25, 0.3) is 0 Å². The lowest BCUT2D eigenvalue weighted by molar-refractivity contribution is 0.410. The van der Waals surface area contributed by atoms with Gasteiger partial charge in [-0.3, -0.25) is 0 Å². The van der Waals surface area contributed by atoms with Gasteiger partial charge >= 0.3 is 0 Å². The molecule has 1 aliphatic rings. The van der Waals surface area contributed by atoms with Crippen LogP contribution >= 0.6 is 0 Å². The highest BCUT2D eigenvalue weighted by molar-refractivity contribution is 5.76. The first-order valence-electron chi connectivity index (χ1n) is 9.43. The van der Waals surface area contributed by atoms with Crippen LogP contribution in [0.25, 0.3) is 5.65 Å². The number of nitrogens with zero attached hydrogens (tertiary/aromatic N) is 3. The van der Waals surface area contributed by atoms with Crippen molar-refractivity contribution in [2.24, 2.45) is 5.73 Å². The zero-order chi connectivity index (χ0) is 17.9. The van der Waals surface area contributed by atoms with Gasteiger partial charge in [-0.2, -0.15) is 0 Å². The summed E-state index contributed by atoms with van der Waals surface area (Å²) in [6.07, 6.45) is 8.99. The van der Waals surface area contributed by atoms with E-state index in [1.165, 1.54) is 5.56 Å². The molecule has 0 bridgehead atoms. The van der Waals surface area contributed by atoms with Gasteiger partial charge in [0.1, 0.15) is 5.82 Å². The molecule has 2 aromatic heterocycles. The number of rotatable bonds is 5. The molecule has 0 amide bonds. The Bertz CT molecular complexity index is 879. The van der Waals surface area contributed by atoms with Gasteiger partial charge in [-0.1, -0.05) is 19.1 Å². The topological polar surface area (TPSA) is 80.3 Å². The van der Waals surface area contributed by atoms with Crippen LogP contribution in [-0.2, 0) is 6.42 Å². The summed E-state index contributed by atoms with van der Waals surface area (Å²) in [5, 5.41) is 11.7. The van der Waals surface area contributed by atoms with Gasteiger partial charge in [0.15, 0.2) is 5.65 Å². The molecular weight excluding hydrogens is 324 g/mol. The van der Waals surface area contributed by atoms with Crippen molar-refractivity contribution in [3.05, 3.63) is 48.3 Å². The normalized spacial score (nSPS) is 20.2. The number of benzene rings is 1. The van der Waals surface area contributed by atoms with Crippen molar-refractivity contribution in [3.8, 4) is 0 Å². The number of fused-ring (bicyclic) bond motifs is 1. The maximum absolute atomic E-state index is 6.02. The second kappa shape index (κ2) is 7.33. The molecule has 0 atom stereocenters. The molecule has 4 N–H and O–H groups in total. The molecule has 26 heavy (non-hydrogen) atoms. The van der Waals surface area contributed by atoms with Crippen molar-refractivity contribution in [1.82, 2.24) is 14.6 Å². The van der Waals surface area contributed by atoms with Crippen LogP contribution in [-0.4, -0.2) is 26.7 Å². The van der Waals surface area contributed by atoms with E-state index in [1.807, 2.05) is 10.7 Å². The zero-order valence-corrected chi connectivity index (χ0v) is 15.2. The lowest BCUT2D eigenvalue weighted by atomic mass is 9.92. The SMILES string of the molecule is CCc1cccc(Nc2cc(NC3CCC(N)CC3)nn3ccnc23)c1. The molecule has 0 radical (unpaired) electrons. The number of hydrogen-bond acceptors (Lipinski definition) is 5. The van der Waals surface area contributed by atoms with Crippen LogP contribution in [0.1, 0.15) is 38.2 Å². The van der Waals surface area contributed by atoms with Gasteiger partial charge < -0.3 is 16.4 Å². The van der Waals surface area contributed by atoms with E-state index in [0.717, 1.165) is 54.9 Å². The first kappa shape index (κ1) is 16.8. The standard InChI is InChI=1S/C20H26N6/c1-2-14-4-3-5-17(12-14)23-18-13-19(25-26-11-10-22-20(18)26)24-16-8-6-15(21)7-9-16/h3-5,10-13,15-16,23H,2,6-9,21H2,1H3,(H,24,25). The maximum atomic E-state index is 6.02. The van der Waals surface area contributed by atoms with E-state index in [9.17, 15) is 0 Å². The van der Waals surface area contributed by atoms with Crippen LogP contribution in [0.15, 0.2) is 42.7 Å². The second-order valence-electron chi connectivity index (χ2n) is 7.07. The molecule has 1 saturated carbocycles. The summed E-state index contributed by atoms with van der Waals surface area (Å²) >= 11 is 0. The first-order chi connectivity index (χ1) is 12.7. The smallest absolute Gasteiger partial charge is 0.177 e. The third kappa shape index (κ3) is 3.65. The molecule has 1 aromatic carbocycles. The van der Waals surface area contributed by atoms with Gasteiger partial charge in [0.2, 0.25) is 0 Å². The average Bonchev–Trinajstić information content (AvgIpc) is 3.13. The first-order valence-corrected chi connectivity index (χ1v) is 9.43. The molecule has 4 rings (SSSR count). The quantitative estimate of drug-likeness (QED) is 0.653. The predicted molar refractivity (Wildman–Crippen MR) is 106 cm³/mol. The summed E-state index contributed by atoms with van der Waals surface area (Å²) < 4.78 is 1.82. The molecule has 0 aliphatic heterocycles. The highest BCUT2D eigenvalue weighted by Gasteiger charge is 2.19. The van der Waals surface area contributed by atoms with Crippen LogP contribution in [0.4, 0.5) is 17.2 Å². The molecule has 0 saturated heterocycles. The third-order valence-electron chi connectivity index (χ3n) is 5.10. The van der Waals surface area contributed by atoms with E-state index in [0.29, 0.717) is 12.1 Å². The summed E-state index contributed by atoms with van der Waals surface area (Å²) in [6, 6.07) is 11.3. The van der Waals surface area contributed by atoms with E-state index in [2.05, 4.69) is 58.0 Å². The van der Waals surface area contributed by atoms with E-state index in [4.69, 9.17) is 5.73 Å². The van der Waals surface area contributed by atoms with Crippen LogP contribution in [0.3, 0.4) is 0 Å². The molecule has 0 unspecified atom stereocenters. The summed E-state index contributed by atoms with van der Waals surface area (Å²) in [4.78, 5) is 4.45. The summed E-state index contributed by atoms with van der Waals surface area (Å²) in [7, 11) is 0. The Kier molecular flexibility index (Phi) is 4.75. The zero-order valence-electron chi connectivity index (χ0n) is 15.2. The number of aromatic nitrogens is 3. The number of imidazole rings is 1. The lowest BCUT2D eigenvalue weighted by Crippen LogP contribution is -2.33. The molecule has 2 heterocycles. The second-order valence-corrected chi connectivity index (χ2v) is 7.07. The Morgan fingerprint density at radius 2 is 2.04 bits per heavy atom. The summed E-state index contributed by atoms with van der Waals surface area (Å²) in [5.74, 6) is 0.866. The minimum Gasteiger partial charge on any atom is -0.366 e. The number of nitrogens with two attached hydrogens (primary N) is 1. The number of anilines is 3.